The van der Waals surface area contributed by atoms with Gasteiger partial charge in [0.15, 0.2) is 0 Å². The lowest BCUT2D eigenvalue weighted by Gasteiger charge is -2.19. The number of nitrogens with one attached hydrogen (secondary N) is 3. The molecule has 2 aromatic rings. The summed E-state index contributed by atoms with van der Waals surface area (Å²) in [6.45, 7) is 2.35. The van der Waals surface area contributed by atoms with Gasteiger partial charge in [-0.25, -0.2) is 9.78 Å². The van der Waals surface area contributed by atoms with E-state index in [1.54, 1.807) is 6.07 Å². The third-order valence-corrected chi connectivity index (χ3v) is 3.84. The number of urea groups is 1. The maximum absolute atomic E-state index is 11.8. The second-order valence-corrected chi connectivity index (χ2v) is 5.51. The van der Waals surface area contributed by atoms with Gasteiger partial charge in [-0.3, -0.25) is 5.10 Å². The number of carbonyl (C=O) groups excluding carboxylic acids is 1. The van der Waals surface area contributed by atoms with Crippen LogP contribution in [0.25, 0.3) is 0 Å². The molecule has 0 atom stereocenters. The highest BCUT2D eigenvalue weighted by molar-refractivity contribution is 6.33. The number of H-pyrrole nitrogens is 1. The van der Waals surface area contributed by atoms with Crippen LogP contribution in [-0.2, 0) is 6.54 Å². The normalized spacial score (nSPS) is 14.1. The van der Waals surface area contributed by atoms with E-state index in [4.69, 9.17) is 11.6 Å². The van der Waals surface area contributed by atoms with Gasteiger partial charge in [-0.15, -0.1) is 0 Å². The summed E-state index contributed by atoms with van der Waals surface area (Å²) in [6, 6.07) is 5.25. The third kappa shape index (κ3) is 3.48. The Morgan fingerprint density at radius 1 is 1.36 bits per heavy atom. The molecule has 0 aliphatic carbocycles. The first-order valence-electron chi connectivity index (χ1n) is 7.16. The summed E-state index contributed by atoms with van der Waals surface area (Å²) in [4.78, 5) is 18.0. The minimum absolute atomic E-state index is 0.283. The molecule has 1 aromatic heterocycles. The zero-order chi connectivity index (χ0) is 15.4. The Morgan fingerprint density at radius 2 is 2.18 bits per heavy atom. The maximum Gasteiger partial charge on any atom is 0.319 e. The Kier molecular flexibility index (Phi) is 4.43. The average Bonchev–Trinajstić information content (AvgIpc) is 3.19. The van der Waals surface area contributed by atoms with E-state index >= 15 is 0 Å². The molecule has 0 spiro atoms. The average molecular weight is 321 g/mol. The van der Waals surface area contributed by atoms with Crippen LogP contribution in [0.1, 0.15) is 18.7 Å². The number of halogens is 1. The van der Waals surface area contributed by atoms with E-state index < -0.39 is 0 Å². The number of hydrogen-bond donors (Lipinski definition) is 3. The summed E-state index contributed by atoms with van der Waals surface area (Å²) in [5.41, 5.74) is 1.68. The number of carbonyl (C=O) groups is 1. The molecule has 22 heavy (non-hydrogen) atoms. The standard InChI is InChI=1S/C14H17ClN6O/c15-11-7-10(3-4-12(11)21-5-1-2-6-21)19-14(22)16-8-13-17-9-18-20-13/h3-4,7,9H,1-2,5-6,8H2,(H2,16,19,22)(H,17,18,20). The van der Waals surface area contributed by atoms with E-state index in [9.17, 15) is 4.79 Å². The summed E-state index contributed by atoms with van der Waals surface area (Å²) in [6.07, 6.45) is 3.78. The van der Waals surface area contributed by atoms with Crippen molar-refractivity contribution in [1.29, 1.82) is 0 Å². The molecule has 1 aliphatic heterocycles. The Bertz CT molecular complexity index is 639. The van der Waals surface area contributed by atoms with Crippen LogP contribution in [0.15, 0.2) is 24.5 Å². The minimum atomic E-state index is -0.318. The fraction of sp³-hybridized carbons (Fsp3) is 0.357. The van der Waals surface area contributed by atoms with Crippen molar-refractivity contribution >= 4 is 29.0 Å². The van der Waals surface area contributed by atoms with E-state index in [0.29, 0.717) is 16.5 Å². The number of amides is 2. The Morgan fingerprint density at radius 3 is 2.86 bits per heavy atom. The topological polar surface area (TPSA) is 85.9 Å². The second kappa shape index (κ2) is 6.65. The molecule has 1 saturated heterocycles. The molecule has 0 unspecified atom stereocenters. The van der Waals surface area contributed by atoms with Crippen molar-refractivity contribution in [2.45, 2.75) is 19.4 Å². The van der Waals surface area contributed by atoms with Crippen molar-refractivity contribution in [3.8, 4) is 0 Å². The van der Waals surface area contributed by atoms with Gasteiger partial charge < -0.3 is 15.5 Å². The van der Waals surface area contributed by atoms with Crippen molar-refractivity contribution in [2.24, 2.45) is 0 Å². The summed E-state index contributed by atoms with van der Waals surface area (Å²) in [5.74, 6) is 0.595. The molecule has 116 valence electrons. The molecule has 2 heterocycles. The quantitative estimate of drug-likeness (QED) is 0.807. The summed E-state index contributed by atoms with van der Waals surface area (Å²) in [7, 11) is 0. The molecular weight excluding hydrogens is 304 g/mol. The van der Waals surface area contributed by atoms with Crippen molar-refractivity contribution in [3.05, 3.63) is 35.4 Å². The minimum Gasteiger partial charge on any atom is -0.370 e. The van der Waals surface area contributed by atoms with E-state index in [1.807, 2.05) is 12.1 Å². The largest absolute Gasteiger partial charge is 0.370 e. The predicted octanol–water partition coefficient (Wildman–Crippen LogP) is 2.38. The summed E-state index contributed by atoms with van der Waals surface area (Å²) < 4.78 is 0. The molecule has 8 heteroatoms. The molecule has 0 saturated carbocycles. The molecule has 1 aliphatic rings. The third-order valence-electron chi connectivity index (χ3n) is 3.53. The van der Waals surface area contributed by atoms with Crippen LogP contribution < -0.4 is 15.5 Å². The zero-order valence-corrected chi connectivity index (χ0v) is 12.7. The van der Waals surface area contributed by atoms with E-state index in [1.165, 1.54) is 19.2 Å². The lowest BCUT2D eigenvalue weighted by molar-refractivity contribution is 0.251. The molecule has 0 radical (unpaired) electrons. The fourth-order valence-corrected chi connectivity index (χ4v) is 2.75. The van der Waals surface area contributed by atoms with Crippen LogP contribution in [0.3, 0.4) is 0 Å². The van der Waals surface area contributed by atoms with Crippen molar-refractivity contribution in [3.63, 3.8) is 0 Å². The SMILES string of the molecule is O=C(NCc1ncn[nH]1)Nc1ccc(N2CCCC2)c(Cl)c1. The van der Waals surface area contributed by atoms with Gasteiger partial charge >= 0.3 is 6.03 Å². The number of aromatic nitrogens is 3. The van der Waals surface area contributed by atoms with Gasteiger partial charge in [0.1, 0.15) is 12.2 Å². The van der Waals surface area contributed by atoms with Gasteiger partial charge in [0, 0.05) is 18.8 Å². The van der Waals surface area contributed by atoms with Crippen LogP contribution in [0.2, 0.25) is 5.02 Å². The lowest BCUT2D eigenvalue weighted by atomic mass is 10.2. The molecule has 2 amide bonds. The van der Waals surface area contributed by atoms with Crippen molar-refractivity contribution in [1.82, 2.24) is 20.5 Å². The van der Waals surface area contributed by atoms with Crippen LogP contribution >= 0.6 is 11.6 Å². The van der Waals surface area contributed by atoms with Crippen molar-refractivity contribution < 1.29 is 4.79 Å². The highest BCUT2D eigenvalue weighted by Crippen LogP contribution is 2.31. The molecule has 7 nitrogen and oxygen atoms in total. The predicted molar refractivity (Wildman–Crippen MR) is 85.1 cm³/mol. The Hall–Kier alpha value is -2.28. The molecule has 1 aromatic carbocycles. The van der Waals surface area contributed by atoms with E-state index in [0.717, 1.165) is 18.8 Å². The van der Waals surface area contributed by atoms with Crippen LogP contribution in [0.5, 0.6) is 0 Å². The molecular formula is C14H17ClN6O. The molecule has 1 fully saturated rings. The maximum atomic E-state index is 11.8. The lowest BCUT2D eigenvalue weighted by Crippen LogP contribution is -2.28. The summed E-state index contributed by atoms with van der Waals surface area (Å²) >= 11 is 6.31. The van der Waals surface area contributed by atoms with Gasteiger partial charge in [0.05, 0.1) is 17.3 Å². The number of aromatic amines is 1. The summed E-state index contributed by atoms with van der Waals surface area (Å²) in [5, 5.41) is 12.5. The van der Waals surface area contributed by atoms with E-state index in [2.05, 4.69) is 30.7 Å². The van der Waals surface area contributed by atoms with Crippen LogP contribution in [0.4, 0.5) is 16.2 Å². The van der Waals surface area contributed by atoms with Crippen LogP contribution in [0, 0.1) is 0 Å². The molecule has 3 rings (SSSR count). The number of hydrogen-bond acceptors (Lipinski definition) is 4. The molecule has 3 N–H and O–H groups in total. The smallest absolute Gasteiger partial charge is 0.319 e. The van der Waals surface area contributed by atoms with Crippen LogP contribution in [-0.4, -0.2) is 34.3 Å². The molecule has 0 bridgehead atoms. The van der Waals surface area contributed by atoms with Gasteiger partial charge in [0.25, 0.3) is 0 Å². The monoisotopic (exact) mass is 320 g/mol. The number of nitrogens with zero attached hydrogens (tertiary/aromatic N) is 3. The number of rotatable bonds is 4. The second-order valence-electron chi connectivity index (χ2n) is 5.10. The van der Waals surface area contributed by atoms with Gasteiger partial charge in [0.2, 0.25) is 0 Å². The van der Waals surface area contributed by atoms with E-state index in [-0.39, 0.29) is 12.6 Å². The number of benzene rings is 1. The fourth-order valence-electron chi connectivity index (χ4n) is 2.45. The Labute approximate surface area is 133 Å². The van der Waals surface area contributed by atoms with Gasteiger partial charge in [-0.05, 0) is 31.0 Å². The first kappa shape index (κ1) is 14.6. The highest BCUT2D eigenvalue weighted by atomic mass is 35.5. The van der Waals surface area contributed by atoms with Gasteiger partial charge in [-0.1, -0.05) is 11.6 Å². The zero-order valence-electron chi connectivity index (χ0n) is 12.0. The first-order valence-corrected chi connectivity index (χ1v) is 7.54. The van der Waals surface area contributed by atoms with Gasteiger partial charge in [-0.2, -0.15) is 5.10 Å². The Balaban J connectivity index is 1.57. The first-order chi connectivity index (χ1) is 10.7. The number of anilines is 2. The van der Waals surface area contributed by atoms with Crippen molar-refractivity contribution in [2.75, 3.05) is 23.3 Å². The highest BCUT2D eigenvalue weighted by Gasteiger charge is 2.15.